The van der Waals surface area contributed by atoms with Crippen molar-refractivity contribution in [2.75, 3.05) is 32.8 Å². The number of ether oxygens (including phenoxy) is 1. The second kappa shape index (κ2) is 6.48. The van der Waals surface area contributed by atoms with Crippen molar-refractivity contribution in [1.29, 1.82) is 0 Å². The van der Waals surface area contributed by atoms with E-state index in [0.29, 0.717) is 26.1 Å². The van der Waals surface area contributed by atoms with Crippen LogP contribution in [0, 0.1) is 6.92 Å². The fourth-order valence-corrected chi connectivity index (χ4v) is 3.18. The molecule has 2 aliphatic rings. The molecular weight excluding hydrogens is 280 g/mol. The highest BCUT2D eigenvalue weighted by molar-refractivity contribution is 5.79. The summed E-state index contributed by atoms with van der Waals surface area (Å²) in [6.07, 6.45) is 1.23. The van der Waals surface area contributed by atoms with Crippen LogP contribution in [0.15, 0.2) is 24.3 Å². The van der Waals surface area contributed by atoms with E-state index in [0.717, 1.165) is 30.6 Å². The number of hydrogen-bond acceptors (Lipinski definition) is 4. The monoisotopic (exact) mass is 302 g/mol. The summed E-state index contributed by atoms with van der Waals surface area (Å²) in [5.41, 5.74) is 2.25. The van der Waals surface area contributed by atoms with Crippen LogP contribution in [0.1, 0.15) is 17.5 Å². The lowest BCUT2D eigenvalue weighted by Gasteiger charge is -2.36. The molecule has 2 fully saturated rings. The van der Waals surface area contributed by atoms with E-state index in [-0.39, 0.29) is 17.9 Å². The van der Waals surface area contributed by atoms with E-state index >= 15 is 0 Å². The first kappa shape index (κ1) is 15.0. The smallest absolute Gasteiger partial charge is 0.323 e. The van der Waals surface area contributed by atoms with Gasteiger partial charge in [-0.15, -0.1) is 0 Å². The second-order valence-electron chi connectivity index (χ2n) is 5.99. The summed E-state index contributed by atoms with van der Waals surface area (Å²) in [5.74, 6) is 0.0580. The number of benzene rings is 1. The first-order valence-corrected chi connectivity index (χ1v) is 7.88. The van der Waals surface area contributed by atoms with Crippen LogP contribution in [-0.4, -0.2) is 60.5 Å². The number of amides is 1. The topological polar surface area (TPSA) is 49.9 Å². The van der Waals surface area contributed by atoms with Crippen molar-refractivity contribution < 1.29 is 14.3 Å². The molecule has 3 rings (SSSR count). The highest BCUT2D eigenvalue weighted by Crippen LogP contribution is 2.17. The minimum absolute atomic E-state index is 0.103. The van der Waals surface area contributed by atoms with E-state index < -0.39 is 0 Å². The molecule has 2 saturated heterocycles. The number of carbonyl (C=O) groups is 2. The van der Waals surface area contributed by atoms with Gasteiger partial charge in [-0.05, 0) is 18.1 Å². The van der Waals surface area contributed by atoms with Gasteiger partial charge < -0.3 is 9.64 Å². The van der Waals surface area contributed by atoms with Crippen LogP contribution in [0.3, 0.4) is 0 Å². The number of esters is 1. The van der Waals surface area contributed by atoms with Crippen LogP contribution in [0.2, 0.25) is 0 Å². The predicted molar refractivity (Wildman–Crippen MR) is 82.4 cm³/mol. The van der Waals surface area contributed by atoms with Crippen molar-refractivity contribution in [1.82, 2.24) is 9.80 Å². The largest absolute Gasteiger partial charge is 0.464 e. The molecule has 2 heterocycles. The summed E-state index contributed by atoms with van der Waals surface area (Å²) in [6.45, 7) is 5.43. The maximum atomic E-state index is 12.4. The van der Waals surface area contributed by atoms with Gasteiger partial charge in [-0.2, -0.15) is 0 Å². The van der Waals surface area contributed by atoms with E-state index in [1.54, 1.807) is 0 Å². The molecule has 1 aromatic carbocycles. The molecule has 5 heteroatoms. The Kier molecular flexibility index (Phi) is 4.43. The molecule has 0 unspecified atom stereocenters. The third-order valence-corrected chi connectivity index (χ3v) is 4.62. The summed E-state index contributed by atoms with van der Waals surface area (Å²) in [6, 6.07) is 7.90. The zero-order valence-corrected chi connectivity index (χ0v) is 13.0. The van der Waals surface area contributed by atoms with Gasteiger partial charge in [-0.3, -0.25) is 14.5 Å². The summed E-state index contributed by atoms with van der Waals surface area (Å²) in [7, 11) is 0. The van der Waals surface area contributed by atoms with Gasteiger partial charge in [0.05, 0.1) is 13.0 Å². The quantitative estimate of drug-likeness (QED) is 0.782. The molecule has 0 bridgehead atoms. The molecule has 2 aliphatic heterocycles. The number of piperazine rings is 1. The summed E-state index contributed by atoms with van der Waals surface area (Å²) >= 11 is 0. The molecule has 0 aromatic heterocycles. The first-order chi connectivity index (χ1) is 10.6. The lowest BCUT2D eigenvalue weighted by molar-refractivity contribution is -0.143. The Labute approximate surface area is 130 Å². The van der Waals surface area contributed by atoms with Crippen molar-refractivity contribution in [3.63, 3.8) is 0 Å². The Bertz CT molecular complexity index is 565. The van der Waals surface area contributed by atoms with Crippen LogP contribution < -0.4 is 0 Å². The Hall–Kier alpha value is -1.88. The fraction of sp³-hybridized carbons (Fsp3) is 0.529. The molecule has 0 N–H and O–H groups in total. The molecular formula is C17H22N2O3. The van der Waals surface area contributed by atoms with Gasteiger partial charge in [0.1, 0.15) is 6.04 Å². The third kappa shape index (κ3) is 3.14. The van der Waals surface area contributed by atoms with Gasteiger partial charge in [0, 0.05) is 32.6 Å². The Morgan fingerprint density at radius 3 is 2.59 bits per heavy atom. The average molecular weight is 302 g/mol. The number of nitrogens with zero attached hydrogens (tertiary/aromatic N) is 2. The van der Waals surface area contributed by atoms with Crippen molar-refractivity contribution in [3.8, 4) is 0 Å². The molecule has 1 aromatic rings. The molecule has 118 valence electrons. The van der Waals surface area contributed by atoms with Crippen LogP contribution in [0.5, 0.6) is 0 Å². The zero-order chi connectivity index (χ0) is 15.5. The second-order valence-corrected chi connectivity index (χ2v) is 5.99. The highest BCUT2D eigenvalue weighted by atomic mass is 16.5. The number of aryl methyl sites for hydroxylation is 1. The van der Waals surface area contributed by atoms with Gasteiger partial charge in [0.2, 0.25) is 5.91 Å². The summed E-state index contributed by atoms with van der Waals surface area (Å²) in [5, 5.41) is 0. The van der Waals surface area contributed by atoms with E-state index in [4.69, 9.17) is 4.74 Å². The zero-order valence-electron chi connectivity index (χ0n) is 13.0. The molecule has 0 aliphatic carbocycles. The molecule has 0 radical (unpaired) electrons. The van der Waals surface area contributed by atoms with Crippen molar-refractivity contribution in [3.05, 3.63) is 35.4 Å². The molecule has 1 atom stereocenters. The summed E-state index contributed by atoms with van der Waals surface area (Å²) < 4.78 is 5.02. The summed E-state index contributed by atoms with van der Waals surface area (Å²) in [4.78, 5) is 28.1. The van der Waals surface area contributed by atoms with Gasteiger partial charge in [0.15, 0.2) is 0 Å². The maximum Gasteiger partial charge on any atom is 0.323 e. The molecule has 0 spiro atoms. The fourth-order valence-electron chi connectivity index (χ4n) is 3.18. The minimum atomic E-state index is -0.111. The van der Waals surface area contributed by atoms with Crippen LogP contribution in [0.25, 0.3) is 0 Å². The van der Waals surface area contributed by atoms with Gasteiger partial charge in [0.25, 0.3) is 0 Å². The Morgan fingerprint density at radius 2 is 1.95 bits per heavy atom. The third-order valence-electron chi connectivity index (χ3n) is 4.62. The first-order valence-electron chi connectivity index (χ1n) is 7.88. The highest BCUT2D eigenvalue weighted by Gasteiger charge is 2.34. The maximum absolute atomic E-state index is 12.4. The Morgan fingerprint density at radius 1 is 1.23 bits per heavy atom. The number of cyclic esters (lactones) is 1. The van der Waals surface area contributed by atoms with E-state index in [1.807, 2.05) is 36.1 Å². The SMILES string of the molecule is Cc1ccccc1CC(=O)N1CCN([C@H]2CCOC2=O)CC1. The van der Waals surface area contributed by atoms with Crippen molar-refractivity contribution in [2.24, 2.45) is 0 Å². The van der Waals surface area contributed by atoms with Crippen molar-refractivity contribution in [2.45, 2.75) is 25.8 Å². The molecule has 22 heavy (non-hydrogen) atoms. The standard InChI is InChI=1S/C17H22N2O3/c1-13-4-2-3-5-14(13)12-16(20)19-9-7-18(8-10-19)15-6-11-22-17(15)21/h2-5,15H,6-12H2,1H3/t15-/m0/s1. The van der Waals surface area contributed by atoms with Crippen LogP contribution in [-0.2, 0) is 20.7 Å². The van der Waals surface area contributed by atoms with Gasteiger partial charge >= 0.3 is 5.97 Å². The lowest BCUT2D eigenvalue weighted by atomic mass is 10.0. The lowest BCUT2D eigenvalue weighted by Crippen LogP contribution is -2.53. The molecule has 0 saturated carbocycles. The molecule has 1 amide bonds. The molecule has 5 nitrogen and oxygen atoms in total. The van der Waals surface area contributed by atoms with Gasteiger partial charge in [-0.1, -0.05) is 24.3 Å². The van der Waals surface area contributed by atoms with Crippen LogP contribution >= 0.6 is 0 Å². The van der Waals surface area contributed by atoms with E-state index in [1.165, 1.54) is 0 Å². The predicted octanol–water partition coefficient (Wildman–Crippen LogP) is 0.997. The minimum Gasteiger partial charge on any atom is -0.464 e. The average Bonchev–Trinajstić information content (AvgIpc) is 2.96. The normalized spacial score (nSPS) is 22.7. The van der Waals surface area contributed by atoms with E-state index in [2.05, 4.69) is 4.90 Å². The van der Waals surface area contributed by atoms with Crippen molar-refractivity contribution >= 4 is 11.9 Å². The van der Waals surface area contributed by atoms with E-state index in [9.17, 15) is 9.59 Å². The number of rotatable bonds is 3. The van der Waals surface area contributed by atoms with Crippen LogP contribution in [0.4, 0.5) is 0 Å². The van der Waals surface area contributed by atoms with Gasteiger partial charge in [-0.25, -0.2) is 0 Å². The Balaban J connectivity index is 1.54. The number of hydrogen-bond donors (Lipinski definition) is 0. The number of carbonyl (C=O) groups excluding carboxylic acids is 2.